The molecule has 27 heavy (non-hydrogen) atoms. The molecule has 162 valence electrons. The summed E-state index contributed by atoms with van der Waals surface area (Å²) in [6.45, 7) is 1.92. The Morgan fingerprint density at radius 2 is 1.22 bits per heavy atom. The summed E-state index contributed by atoms with van der Waals surface area (Å²) in [6.07, 6.45) is -11.2. The van der Waals surface area contributed by atoms with Crippen LogP contribution in [-0.4, -0.2) is 42.7 Å². The number of carbonyl (C=O) groups is 1. The van der Waals surface area contributed by atoms with Crippen LogP contribution in [0.25, 0.3) is 0 Å². The second-order valence-corrected chi connectivity index (χ2v) is 6.73. The van der Waals surface area contributed by atoms with Crippen molar-refractivity contribution in [3.05, 3.63) is 0 Å². The van der Waals surface area contributed by atoms with Crippen LogP contribution in [0.5, 0.6) is 0 Å². The topological polar surface area (TPSA) is 26.3 Å². The fraction of sp³-hybridized carbons (Fsp3) is 0.933. The first kappa shape index (κ1) is 25.8. The molecule has 0 aliphatic carbocycles. The molecular formula is C15H20F10O2. The molecule has 0 rings (SSSR count). The monoisotopic (exact) mass is 422 g/mol. The molecule has 0 spiro atoms. The summed E-state index contributed by atoms with van der Waals surface area (Å²) in [7, 11) is 0. The van der Waals surface area contributed by atoms with E-state index >= 15 is 0 Å². The smallest absolute Gasteiger partial charge is 0.343 e. The number of ether oxygens (including phenoxy) is 1. The Kier molecular flexibility index (Phi) is 8.04. The molecule has 0 atom stereocenters. The maximum Gasteiger partial charge on any atom is 0.343 e. The van der Waals surface area contributed by atoms with Crippen LogP contribution < -0.4 is 0 Å². The Morgan fingerprint density at radius 3 is 1.59 bits per heavy atom. The van der Waals surface area contributed by atoms with Gasteiger partial charge in [0.1, 0.15) is 0 Å². The minimum absolute atomic E-state index is 0.124. The number of hydrogen-bond donors (Lipinski definition) is 0. The molecule has 12 heteroatoms. The van der Waals surface area contributed by atoms with E-state index in [2.05, 4.69) is 4.74 Å². The zero-order valence-corrected chi connectivity index (χ0v) is 14.7. The summed E-state index contributed by atoms with van der Waals surface area (Å²) in [5, 5.41) is 0. The van der Waals surface area contributed by atoms with Crippen molar-refractivity contribution in [1.29, 1.82) is 0 Å². The van der Waals surface area contributed by atoms with Gasteiger partial charge in [-0.3, -0.25) is 4.79 Å². The van der Waals surface area contributed by atoms with Crippen LogP contribution >= 0.6 is 0 Å². The normalized spacial score (nSPS) is 14.6. The van der Waals surface area contributed by atoms with Crippen molar-refractivity contribution in [2.45, 2.75) is 76.6 Å². The van der Waals surface area contributed by atoms with Gasteiger partial charge in [0.2, 0.25) is 6.43 Å². The van der Waals surface area contributed by atoms with Gasteiger partial charge in [-0.15, -0.1) is 0 Å². The molecule has 0 aliphatic rings. The molecule has 0 radical (unpaired) electrons. The Bertz CT molecular complexity index is 503. The molecule has 0 unspecified atom stereocenters. The van der Waals surface area contributed by atoms with Crippen molar-refractivity contribution >= 4 is 5.97 Å². The van der Waals surface area contributed by atoms with Gasteiger partial charge in [0.05, 0.1) is 11.8 Å². The minimum atomic E-state index is -5.36. The van der Waals surface area contributed by atoms with E-state index in [9.17, 15) is 48.7 Å². The number of alkyl halides is 10. The lowest BCUT2D eigenvalue weighted by Gasteiger charge is -2.31. The summed E-state index contributed by atoms with van der Waals surface area (Å²) in [5.41, 5.74) is -1.27. The van der Waals surface area contributed by atoms with Crippen molar-refractivity contribution in [2.75, 3.05) is 6.61 Å². The van der Waals surface area contributed by atoms with Gasteiger partial charge in [-0.05, 0) is 20.3 Å². The van der Waals surface area contributed by atoms with E-state index in [1.165, 1.54) is 20.8 Å². The van der Waals surface area contributed by atoms with E-state index < -0.39 is 67.4 Å². The second kappa shape index (κ2) is 8.42. The van der Waals surface area contributed by atoms with Crippen LogP contribution in [0.3, 0.4) is 0 Å². The fourth-order valence-corrected chi connectivity index (χ4v) is 1.62. The van der Waals surface area contributed by atoms with Crippen LogP contribution in [0.4, 0.5) is 43.9 Å². The van der Waals surface area contributed by atoms with E-state index in [1.54, 1.807) is 0 Å². The van der Waals surface area contributed by atoms with E-state index in [-0.39, 0.29) is 6.42 Å². The lowest BCUT2D eigenvalue weighted by molar-refractivity contribution is -0.259. The Morgan fingerprint density at radius 1 is 0.815 bits per heavy atom. The average molecular weight is 422 g/mol. The second-order valence-electron chi connectivity index (χ2n) is 6.73. The highest BCUT2D eigenvalue weighted by Crippen LogP contribution is 2.46. The summed E-state index contributed by atoms with van der Waals surface area (Å²) in [4.78, 5) is 11.5. The standard InChI is InChI=1S/C15H20F10O2/c1-4-11(2,3)10(26)27-8-15(24,25)13(20,21)6-5-12(18,19)14(22,23)7-9(16)17/h9H,4-8H2,1-3H3. The van der Waals surface area contributed by atoms with Gasteiger partial charge in [0.25, 0.3) is 0 Å². The molecule has 0 aromatic rings. The third-order valence-electron chi connectivity index (χ3n) is 4.05. The summed E-state index contributed by atoms with van der Waals surface area (Å²) in [5.74, 6) is -22.3. The molecule has 0 aromatic carbocycles. The van der Waals surface area contributed by atoms with Gasteiger partial charge >= 0.3 is 29.7 Å². The fourth-order valence-electron chi connectivity index (χ4n) is 1.62. The highest BCUT2D eigenvalue weighted by molar-refractivity contribution is 5.75. The summed E-state index contributed by atoms with van der Waals surface area (Å²) >= 11 is 0. The van der Waals surface area contributed by atoms with E-state index in [0.29, 0.717) is 0 Å². The first-order valence-electron chi connectivity index (χ1n) is 7.78. The molecule has 0 saturated carbocycles. The molecule has 0 fully saturated rings. The number of hydrogen-bond acceptors (Lipinski definition) is 2. The van der Waals surface area contributed by atoms with Gasteiger partial charge in [-0.25, -0.2) is 8.78 Å². The molecule has 2 nitrogen and oxygen atoms in total. The lowest BCUT2D eigenvalue weighted by Crippen LogP contribution is -2.48. The molecule has 0 bridgehead atoms. The van der Waals surface area contributed by atoms with Crippen molar-refractivity contribution in [3.8, 4) is 0 Å². The van der Waals surface area contributed by atoms with Crippen LogP contribution in [0.2, 0.25) is 0 Å². The lowest BCUT2D eigenvalue weighted by atomic mass is 9.91. The zero-order chi connectivity index (χ0) is 21.9. The zero-order valence-electron chi connectivity index (χ0n) is 14.7. The third kappa shape index (κ3) is 6.70. The molecule has 0 amide bonds. The first-order valence-corrected chi connectivity index (χ1v) is 7.78. The maximum absolute atomic E-state index is 13.6. The molecule has 0 aromatic heterocycles. The average Bonchev–Trinajstić information content (AvgIpc) is 2.49. The summed E-state index contributed by atoms with van der Waals surface area (Å²) < 4.78 is 135. The Hall–Kier alpha value is -1.23. The van der Waals surface area contributed by atoms with E-state index in [0.717, 1.165) is 0 Å². The number of esters is 1. The molecule has 0 saturated heterocycles. The van der Waals surface area contributed by atoms with E-state index in [4.69, 9.17) is 0 Å². The molecule has 0 N–H and O–H groups in total. The molecular weight excluding hydrogens is 402 g/mol. The Labute approximate surface area is 149 Å². The predicted molar refractivity (Wildman–Crippen MR) is 74.7 cm³/mol. The number of rotatable bonds is 11. The highest BCUT2D eigenvalue weighted by atomic mass is 19.3. The summed E-state index contributed by atoms with van der Waals surface area (Å²) in [6, 6.07) is 0. The van der Waals surface area contributed by atoms with E-state index in [1.807, 2.05) is 0 Å². The van der Waals surface area contributed by atoms with Crippen LogP contribution in [-0.2, 0) is 9.53 Å². The quantitative estimate of drug-likeness (QED) is 0.304. The van der Waals surface area contributed by atoms with Gasteiger partial charge in [0, 0.05) is 12.8 Å². The predicted octanol–water partition coefficient (Wildman–Crippen LogP) is 5.94. The van der Waals surface area contributed by atoms with Gasteiger partial charge in [-0.1, -0.05) is 6.92 Å². The van der Waals surface area contributed by atoms with Gasteiger partial charge in [-0.2, -0.15) is 35.1 Å². The number of carbonyl (C=O) groups excluding carboxylic acids is 1. The third-order valence-corrected chi connectivity index (χ3v) is 4.05. The van der Waals surface area contributed by atoms with Crippen molar-refractivity contribution in [3.63, 3.8) is 0 Å². The van der Waals surface area contributed by atoms with Crippen molar-refractivity contribution in [2.24, 2.45) is 5.41 Å². The first-order chi connectivity index (χ1) is 11.8. The largest absolute Gasteiger partial charge is 0.459 e. The van der Waals surface area contributed by atoms with Crippen LogP contribution in [0.1, 0.15) is 46.5 Å². The van der Waals surface area contributed by atoms with Gasteiger partial charge < -0.3 is 4.74 Å². The highest BCUT2D eigenvalue weighted by Gasteiger charge is 2.62. The van der Waals surface area contributed by atoms with Crippen molar-refractivity contribution < 1.29 is 53.4 Å². The molecule has 0 heterocycles. The number of halogens is 10. The van der Waals surface area contributed by atoms with Crippen LogP contribution in [0.15, 0.2) is 0 Å². The van der Waals surface area contributed by atoms with Gasteiger partial charge in [0.15, 0.2) is 6.61 Å². The minimum Gasteiger partial charge on any atom is -0.459 e. The SMILES string of the molecule is CCC(C)(C)C(=O)OCC(F)(F)C(F)(F)CCC(F)(F)C(F)(F)CC(F)F. The van der Waals surface area contributed by atoms with Crippen LogP contribution in [0, 0.1) is 5.41 Å². The molecule has 0 aliphatic heterocycles. The van der Waals surface area contributed by atoms with Crippen molar-refractivity contribution in [1.82, 2.24) is 0 Å². The Balaban J connectivity index is 5.05. The maximum atomic E-state index is 13.6.